The summed E-state index contributed by atoms with van der Waals surface area (Å²) < 4.78 is 44.1. The Morgan fingerprint density at radius 1 is 0.357 bits per heavy atom. The van der Waals surface area contributed by atoms with Gasteiger partial charge in [-0.2, -0.15) is 0 Å². The molecule has 27 nitrogen and oxygen atoms in total. The van der Waals surface area contributed by atoms with Crippen LogP contribution in [0.3, 0.4) is 0 Å². The lowest BCUT2D eigenvalue weighted by Gasteiger charge is -2.51. The molecule has 8 rings (SSSR count). The van der Waals surface area contributed by atoms with Crippen LogP contribution in [0, 0.1) is 0 Å². The highest BCUT2D eigenvalue weighted by atomic mass is 16.5. The zero-order chi connectivity index (χ0) is 111. The predicted molar refractivity (Wildman–Crippen MR) is 585 cm³/mol. The average molecular weight is 2010 g/mol. The predicted octanol–water partition coefficient (Wildman–Crippen LogP) is 17.2. The fraction of sp³-hybridized carbons (Fsp3) is 0.629. The van der Waals surface area contributed by atoms with Gasteiger partial charge in [0.2, 0.25) is 34.4 Å². The van der Waals surface area contributed by atoms with E-state index in [4.69, 9.17) is 33.2 Å². The first-order chi connectivity index (χ1) is 64.3. The zero-order valence-corrected chi connectivity index (χ0v) is 97.5. The van der Waals surface area contributed by atoms with Gasteiger partial charge in [-0.25, -0.2) is 18.6 Å². The maximum atomic E-state index is 12.3. The van der Waals surface area contributed by atoms with Gasteiger partial charge in [-0.15, -0.1) is 0 Å². The van der Waals surface area contributed by atoms with Crippen LogP contribution in [0.2, 0.25) is 0 Å². The molecule has 0 radical (unpaired) electrons. The van der Waals surface area contributed by atoms with Crippen molar-refractivity contribution in [3.8, 4) is 40.2 Å². The molecule has 27 heteroatoms. The maximum absolute atomic E-state index is 12.3. The van der Waals surface area contributed by atoms with Gasteiger partial charge < -0.3 is 83.0 Å². The number of Topliss-reactive ketones (excluding diaryl/α,β-unsaturated/α-hetero) is 1. The number of aliphatic hydroxyl groups excluding tert-OH is 2. The Kier molecular flexibility index (Phi) is 43.6. The molecular weight excluding hydrogens is 1810 g/mol. The van der Waals surface area contributed by atoms with E-state index in [1.54, 1.807) is 52.1 Å². The van der Waals surface area contributed by atoms with Crippen LogP contribution in [0.4, 0.5) is 11.4 Å². The SMILES string of the molecule is CC(=O)[N+](C)(C)c1ccc(OCC(C)(O)[N+](C)(C)C(C)(C)C)cc1.CC(C)(C)[N+](C)(C)C(C)(O)CCOc1cccc2c1CC(O)C(O)C2.CC(C)(C)[N+](C)(C)C(C)(O)COc1ccc(C(=O)C[N+](C)(C)C)cc1.CC(C)(C)[N+](C)(C)C(C)(O)COc1cccc2ccccc12.CCCC(=O)[N+](C)(C)c1ccc(OCC(C)(O)C[N+](C)(C)C(C)(C)C)cc1.COc1ccc(OCC(C)(O)[N+](C)(C)C(C)(C)C)cc1. The summed E-state index contributed by atoms with van der Waals surface area (Å²) in [4.78, 5) is 36.3. The standard InChI is InChI=1S/C22H40N2O3.C20H36N2O3.C20H34NO4.C19H34N2O3.C19H28NO2.C16H28NO3/c1-10-11-20(25)24(8,9)18-12-14-19(15-13-18)27-17-22(5,26)16-23(6,7)21(2,3)4;1-19(2,3)22(8,9)20(4,24)15-25-17-12-10-16(11-13-17)18(23)14-21(5,6)7;1-19(2,3)21(5,6)20(4,24)10-11-25-18-9-7-8-14-12-16(22)17(23)13-15(14)18;1-15(22)20(6,7)16-10-12-17(13-11-16)24-14-19(5,23)21(8,9)18(2,3)4;1-18(2,3)20(5,6)19(4,21)14-22-17-13-9-11-15-10-7-8-12-16(15)17;1-15(2,3)17(5,6)16(4,18)12-20-14-10-8-13(19-7)9-11-14/h12-15,26H,10-11,16-17H2,1-9H3;10-13,24H,14-15H2,1-9H3;7-9,16-17,22-24H,10-13H2,1-6H3;10-13,23H,14H2,1-9H3;7-13,21H,14H2,1-6H3;8-11,18H,12H2,1-7H3/q2*+2;+1;+2;2*+1. The smallest absolute Gasteiger partial charge is 0.318 e. The highest BCUT2D eigenvalue weighted by Gasteiger charge is 2.53. The molecule has 2 amide bonds. The Balaban J connectivity index is 0.000000442. The molecule has 0 saturated carbocycles. The van der Waals surface area contributed by atoms with Crippen LogP contribution >= 0.6 is 0 Å². The van der Waals surface area contributed by atoms with E-state index in [-0.39, 0.29) is 92.8 Å². The molecule has 0 bridgehead atoms. The molecule has 8 N–H and O–H groups in total. The van der Waals surface area contributed by atoms with Crippen LogP contribution in [-0.4, -0.2) is 363 Å². The highest BCUT2D eigenvalue weighted by molar-refractivity contribution is 5.97. The largest absolute Gasteiger partial charge is 0.497 e. The first-order valence-electron chi connectivity index (χ1n) is 50.4. The van der Waals surface area contributed by atoms with Crippen LogP contribution in [0.1, 0.15) is 221 Å². The van der Waals surface area contributed by atoms with Gasteiger partial charge in [0.05, 0.1) is 213 Å². The molecule has 7 aromatic rings. The minimum Gasteiger partial charge on any atom is -0.497 e. The number of methoxy groups -OCH3 is 1. The summed E-state index contributed by atoms with van der Waals surface area (Å²) in [7, 11) is 39.5. The number of aliphatic hydroxyl groups is 8. The fourth-order valence-corrected chi connectivity index (χ4v) is 14.9. The molecule has 1 aliphatic carbocycles. The van der Waals surface area contributed by atoms with Crippen LogP contribution in [-0.2, 0) is 22.4 Å². The molecule has 808 valence electrons. The number of amides is 2. The molecule has 8 unspecified atom stereocenters. The van der Waals surface area contributed by atoms with Gasteiger partial charge in [-0.3, -0.25) is 27.2 Å². The number of hydrogen-bond donors (Lipinski definition) is 8. The second-order valence-electron chi connectivity index (χ2n) is 51.3. The van der Waals surface area contributed by atoms with E-state index in [0.717, 1.165) is 62.7 Å². The third-order valence-corrected chi connectivity index (χ3v) is 32.3. The van der Waals surface area contributed by atoms with Crippen molar-refractivity contribution in [1.29, 1.82) is 0 Å². The summed E-state index contributed by atoms with van der Waals surface area (Å²) in [6, 6.07) is 49.4. The van der Waals surface area contributed by atoms with Crippen molar-refractivity contribution in [2.24, 2.45) is 0 Å². The number of ketones is 1. The minimum absolute atomic E-state index is 0.0279. The van der Waals surface area contributed by atoms with E-state index in [9.17, 15) is 55.2 Å². The lowest BCUT2D eigenvalue weighted by molar-refractivity contribution is -1.00. The van der Waals surface area contributed by atoms with Crippen molar-refractivity contribution in [3.05, 3.63) is 174 Å². The van der Waals surface area contributed by atoms with Crippen LogP contribution in [0.5, 0.6) is 40.2 Å². The van der Waals surface area contributed by atoms with Gasteiger partial charge in [0, 0.05) is 88.2 Å². The Hall–Kier alpha value is -8.27. The van der Waals surface area contributed by atoms with Gasteiger partial charge in [0.25, 0.3) is 0 Å². The normalized spacial score (nSPS) is 17.0. The number of fused-ring (bicyclic) bond motifs is 2. The number of hydrogen-bond acceptors (Lipinski definition) is 18. The molecule has 0 fully saturated rings. The van der Waals surface area contributed by atoms with Crippen LogP contribution in [0.25, 0.3) is 10.8 Å². The summed E-state index contributed by atoms with van der Waals surface area (Å²) in [5.41, 5.74) is -1.96. The zero-order valence-electron chi connectivity index (χ0n) is 97.5. The number of rotatable bonds is 34. The van der Waals surface area contributed by atoms with Crippen LogP contribution in [0.15, 0.2) is 158 Å². The third-order valence-electron chi connectivity index (χ3n) is 32.3. The number of ether oxygens (including phenoxy) is 7. The number of quaternary nitrogens is 9. The Bertz CT molecular complexity index is 5130. The van der Waals surface area contributed by atoms with Gasteiger partial charge in [0.15, 0.2) is 26.4 Å². The molecule has 0 spiro atoms. The molecule has 0 heterocycles. The molecule has 8 atom stereocenters. The van der Waals surface area contributed by atoms with Crippen molar-refractivity contribution in [1.82, 2.24) is 8.97 Å². The van der Waals surface area contributed by atoms with Crippen molar-refractivity contribution in [2.45, 2.75) is 292 Å². The van der Waals surface area contributed by atoms with E-state index in [1.165, 1.54) is 0 Å². The van der Waals surface area contributed by atoms with Gasteiger partial charge in [-0.1, -0.05) is 55.5 Å². The first kappa shape index (κ1) is 129. The van der Waals surface area contributed by atoms with Gasteiger partial charge >= 0.3 is 11.8 Å². The van der Waals surface area contributed by atoms with Gasteiger partial charge in [-0.05, 0) is 234 Å². The van der Waals surface area contributed by atoms with E-state index in [2.05, 4.69) is 151 Å². The lowest BCUT2D eigenvalue weighted by atomic mass is 9.87. The van der Waals surface area contributed by atoms with Crippen molar-refractivity contribution in [3.63, 3.8) is 0 Å². The second-order valence-corrected chi connectivity index (χ2v) is 51.3. The summed E-state index contributed by atoms with van der Waals surface area (Å²) >= 11 is 0. The molecule has 0 aromatic heterocycles. The van der Waals surface area contributed by atoms with E-state index in [0.29, 0.717) is 99.6 Å². The van der Waals surface area contributed by atoms with Crippen molar-refractivity contribution >= 4 is 39.7 Å². The molecule has 143 heavy (non-hydrogen) atoms. The van der Waals surface area contributed by atoms with E-state index < -0.39 is 46.4 Å². The third kappa shape index (κ3) is 34.7. The quantitative estimate of drug-likeness (QED) is 0.0106. The Labute approximate surface area is 864 Å². The number of likely N-dealkylation sites (N-methyl/N-ethyl adjacent to an activating group) is 6. The lowest BCUT2D eigenvalue weighted by Crippen LogP contribution is -2.68. The minimum atomic E-state index is -1.05. The average Bonchev–Trinajstić information content (AvgIpc) is 0.771. The van der Waals surface area contributed by atoms with Crippen molar-refractivity contribution in [2.75, 3.05) is 194 Å². The number of carbonyl (C=O) groups is 3. The fourth-order valence-electron chi connectivity index (χ4n) is 14.9. The molecule has 7 aromatic carbocycles. The molecular formula is C116H200N9O18+9. The number of carbonyl (C=O) groups excluding carboxylic acids is 3. The first-order valence-corrected chi connectivity index (χ1v) is 50.4. The summed E-state index contributed by atoms with van der Waals surface area (Å²) in [6.45, 7) is 55.1. The van der Waals surface area contributed by atoms with E-state index >= 15 is 0 Å². The highest BCUT2D eigenvalue weighted by Crippen LogP contribution is 2.40. The van der Waals surface area contributed by atoms with E-state index in [1.807, 2.05) is 276 Å². The summed E-state index contributed by atoms with van der Waals surface area (Å²) in [5, 5.41) is 87.3. The van der Waals surface area contributed by atoms with Crippen molar-refractivity contribution < 1.29 is 120 Å². The Morgan fingerprint density at radius 3 is 1.06 bits per heavy atom. The summed E-state index contributed by atoms with van der Waals surface area (Å²) in [5.74, 6) is 5.45. The number of benzene rings is 7. The monoisotopic (exact) mass is 2010 g/mol. The molecule has 0 aliphatic heterocycles. The number of nitrogens with zero attached hydrogens (tertiary/aromatic N) is 9. The summed E-state index contributed by atoms with van der Waals surface area (Å²) in [6.07, 6.45) is 1.28. The molecule has 0 saturated heterocycles. The van der Waals surface area contributed by atoms with Gasteiger partial charge in [0.1, 0.15) is 76.9 Å². The topological polar surface area (TPSA) is 278 Å². The van der Waals surface area contributed by atoms with Crippen LogP contribution < -0.4 is 42.1 Å². The maximum Gasteiger partial charge on any atom is 0.318 e. The Morgan fingerprint density at radius 2 is 0.685 bits per heavy atom. The molecule has 1 aliphatic rings. The second kappa shape index (κ2) is 48.4.